The van der Waals surface area contributed by atoms with Gasteiger partial charge in [0.15, 0.2) is 0 Å². The molecule has 1 saturated heterocycles. The molecule has 0 aromatic heterocycles. The summed E-state index contributed by atoms with van der Waals surface area (Å²) in [5.74, 6) is -0.657. The van der Waals surface area contributed by atoms with Gasteiger partial charge in [0.2, 0.25) is 0 Å². The molecule has 0 aliphatic carbocycles. The molecule has 9 heteroatoms. The third kappa shape index (κ3) is 6.16. The van der Waals surface area contributed by atoms with Crippen molar-refractivity contribution in [2.24, 2.45) is 0 Å². The quantitative estimate of drug-likeness (QED) is 0.723. The summed E-state index contributed by atoms with van der Waals surface area (Å²) in [6.45, 7) is 1.65. The monoisotopic (exact) mass is 412 g/mol. The Kier molecular flexibility index (Phi) is 7.58. The van der Waals surface area contributed by atoms with E-state index in [9.17, 15) is 22.8 Å². The van der Waals surface area contributed by atoms with Crippen molar-refractivity contribution in [2.75, 3.05) is 19.6 Å². The Balaban J connectivity index is 0.00000264. The van der Waals surface area contributed by atoms with Crippen LogP contribution in [-0.4, -0.2) is 45.9 Å². The number of nitrogens with one attached hydrogen (secondary N) is 2. The molecule has 0 saturated carbocycles. The van der Waals surface area contributed by atoms with Crippen LogP contribution in [0.15, 0.2) is 24.3 Å². The van der Waals surface area contributed by atoms with Gasteiger partial charge in [-0.3, -0.25) is 0 Å². The van der Waals surface area contributed by atoms with Crippen molar-refractivity contribution < 1.29 is 22.8 Å². The molecule has 1 heterocycles. The first-order valence-corrected chi connectivity index (χ1v) is 9.08. The fourth-order valence-corrected chi connectivity index (χ4v) is 4.63. The van der Waals surface area contributed by atoms with Gasteiger partial charge < -0.3 is 0 Å². The molecular weight excluding hydrogens is 396 g/mol. The maximum absolute atomic E-state index is 12.6. The summed E-state index contributed by atoms with van der Waals surface area (Å²) in [5, 5.41) is 5.58. The average molecular weight is 413 g/mol. The number of amides is 1. The fourth-order valence-electron chi connectivity index (χ4n) is 2.16. The molecule has 23 heavy (non-hydrogen) atoms. The predicted octanol–water partition coefficient (Wildman–Crippen LogP) is 1.60. The number of hydrogen-bond acceptors (Lipinski definition) is 3. The minimum absolute atomic E-state index is 0. The first-order chi connectivity index (χ1) is 10.4. The van der Waals surface area contributed by atoms with Crippen LogP contribution >= 0.6 is 12.4 Å². The van der Waals surface area contributed by atoms with E-state index in [0.717, 1.165) is 31.6 Å². The predicted molar refractivity (Wildman–Crippen MR) is 84.4 cm³/mol. The molecule has 1 amide bonds. The Morgan fingerprint density at radius 3 is 2.70 bits per heavy atom. The minimum atomic E-state index is -4.49. The van der Waals surface area contributed by atoms with Crippen LogP contribution in [0.3, 0.4) is 0 Å². The zero-order valence-corrected chi connectivity index (χ0v) is 15.0. The van der Waals surface area contributed by atoms with Crippen LogP contribution < -0.4 is 10.6 Å². The topological polar surface area (TPSA) is 58.2 Å². The first-order valence-electron chi connectivity index (χ1n) is 6.82. The van der Waals surface area contributed by atoms with Crippen LogP contribution in [0.25, 0.3) is 0 Å². The van der Waals surface area contributed by atoms with E-state index >= 15 is 0 Å². The van der Waals surface area contributed by atoms with Crippen LogP contribution in [0.5, 0.6) is 0 Å². The van der Waals surface area contributed by atoms with Crippen molar-refractivity contribution in [1.29, 1.82) is 0 Å². The second-order valence-electron chi connectivity index (χ2n) is 5.02. The Hall–Kier alpha value is -1.04. The van der Waals surface area contributed by atoms with Crippen LogP contribution in [0.4, 0.5) is 13.2 Å². The van der Waals surface area contributed by atoms with Gasteiger partial charge >= 0.3 is 132 Å². The summed E-state index contributed by atoms with van der Waals surface area (Å²) in [7, 11) is 0. The van der Waals surface area contributed by atoms with E-state index in [0.29, 0.717) is 4.71 Å². The summed E-state index contributed by atoms with van der Waals surface area (Å²) < 4.78 is 38.2. The molecule has 1 fully saturated rings. The molecule has 2 rings (SSSR count). The molecule has 0 spiro atoms. The number of rotatable bonds is 5. The molecule has 1 aliphatic rings. The number of carbonyl (C=O) groups excluding carboxylic acids is 2. The van der Waals surface area contributed by atoms with Crippen molar-refractivity contribution in [3.8, 4) is 0 Å². The Morgan fingerprint density at radius 1 is 1.35 bits per heavy atom. The van der Waals surface area contributed by atoms with E-state index in [4.69, 9.17) is 0 Å². The molecule has 2 N–H and O–H groups in total. The van der Waals surface area contributed by atoms with Gasteiger partial charge in [0.1, 0.15) is 0 Å². The first kappa shape index (κ1) is 20.0. The summed E-state index contributed by atoms with van der Waals surface area (Å²) >= 11 is -0.806. The Morgan fingerprint density at radius 2 is 2.09 bits per heavy atom. The van der Waals surface area contributed by atoms with Crippen LogP contribution in [-0.2, 0) is 11.0 Å². The number of alkyl halides is 3. The van der Waals surface area contributed by atoms with E-state index in [1.54, 1.807) is 0 Å². The molecule has 1 aliphatic heterocycles. The SMILES string of the molecule is Cl.O=C(CNC(=O)c1cccc(C(F)(F)F)c1)[AsH][C@@H]1CCNC1. The Bertz CT molecular complexity index is 563. The second-order valence-corrected chi connectivity index (χ2v) is 8.51. The van der Waals surface area contributed by atoms with Gasteiger partial charge in [-0.05, 0) is 0 Å². The van der Waals surface area contributed by atoms with Crippen molar-refractivity contribution in [3.05, 3.63) is 35.4 Å². The van der Waals surface area contributed by atoms with Gasteiger partial charge in [0.25, 0.3) is 0 Å². The molecule has 4 nitrogen and oxygen atoms in total. The number of hydrogen-bond donors (Lipinski definition) is 2. The number of benzene rings is 1. The van der Waals surface area contributed by atoms with E-state index in [1.165, 1.54) is 12.1 Å². The van der Waals surface area contributed by atoms with Gasteiger partial charge in [-0.15, -0.1) is 12.4 Å². The molecule has 128 valence electrons. The Labute approximate surface area is 144 Å². The van der Waals surface area contributed by atoms with Gasteiger partial charge in [-0.2, -0.15) is 0 Å². The van der Waals surface area contributed by atoms with E-state index in [1.807, 2.05) is 0 Å². The molecule has 0 radical (unpaired) electrons. The van der Waals surface area contributed by atoms with Gasteiger partial charge in [-0.25, -0.2) is 0 Å². The van der Waals surface area contributed by atoms with Crippen LogP contribution in [0.2, 0.25) is 4.71 Å². The second kappa shape index (κ2) is 8.71. The molecule has 0 bridgehead atoms. The van der Waals surface area contributed by atoms with Crippen molar-refractivity contribution >= 4 is 38.6 Å². The third-order valence-corrected chi connectivity index (χ3v) is 6.22. The molecule has 2 atom stereocenters. The van der Waals surface area contributed by atoms with Gasteiger partial charge in [0, 0.05) is 0 Å². The molecule has 1 aromatic carbocycles. The van der Waals surface area contributed by atoms with E-state index < -0.39 is 33.4 Å². The van der Waals surface area contributed by atoms with E-state index in [2.05, 4.69) is 10.6 Å². The van der Waals surface area contributed by atoms with Crippen LogP contribution in [0, 0.1) is 0 Å². The summed E-state index contributed by atoms with van der Waals surface area (Å²) in [5.41, 5.74) is -0.970. The molecular formula is C14H17AsClF3N2O2. The van der Waals surface area contributed by atoms with Crippen LogP contribution in [0.1, 0.15) is 22.3 Å². The fraction of sp³-hybridized carbons (Fsp3) is 0.429. The van der Waals surface area contributed by atoms with Crippen molar-refractivity contribution in [3.63, 3.8) is 0 Å². The molecule has 1 unspecified atom stereocenters. The summed E-state index contributed by atoms with van der Waals surface area (Å²) in [6.07, 6.45) is -3.51. The van der Waals surface area contributed by atoms with Crippen molar-refractivity contribution in [1.82, 2.24) is 10.6 Å². The van der Waals surface area contributed by atoms with E-state index in [-0.39, 0.29) is 29.1 Å². The average Bonchev–Trinajstić information content (AvgIpc) is 2.97. The summed E-state index contributed by atoms with van der Waals surface area (Å²) in [4.78, 5) is 23.6. The number of carbonyl (C=O) groups is 2. The summed E-state index contributed by atoms with van der Waals surface area (Å²) in [6, 6.07) is 4.17. The zero-order valence-electron chi connectivity index (χ0n) is 12.1. The maximum atomic E-state index is 12.6. The molecule has 1 aromatic rings. The van der Waals surface area contributed by atoms with Gasteiger partial charge in [0.05, 0.1) is 0 Å². The normalized spacial score (nSPS) is 18.0. The van der Waals surface area contributed by atoms with Gasteiger partial charge in [-0.1, -0.05) is 0 Å². The standard InChI is InChI=1S/C14H16AsF3N2O2.ClH/c16-14(17,18)10-3-1-2-9(6-10)13(22)20-8-12(21)15-11-4-5-19-7-11;/h1-3,6,11,15,19H,4-5,7-8H2,(H,20,22);1H/t11-;/m1./s1. The zero-order chi connectivity index (χ0) is 16.2. The third-order valence-electron chi connectivity index (χ3n) is 3.29. The number of halogens is 4. The van der Waals surface area contributed by atoms with Crippen molar-refractivity contribution in [2.45, 2.75) is 17.3 Å².